The van der Waals surface area contributed by atoms with E-state index >= 15 is 0 Å². The fourth-order valence-corrected chi connectivity index (χ4v) is 4.61. The van der Waals surface area contributed by atoms with Gasteiger partial charge in [-0.15, -0.1) is 0 Å². The van der Waals surface area contributed by atoms with E-state index < -0.39 is 0 Å². The lowest BCUT2D eigenvalue weighted by Crippen LogP contribution is -2.09. The lowest BCUT2D eigenvalue weighted by Gasteiger charge is -2.16. The topological polar surface area (TPSA) is 26.3 Å². The Morgan fingerprint density at radius 2 is 1.00 bits per heavy atom. The molecule has 3 atom stereocenters. The molecular formula is C30H60O2. The summed E-state index contributed by atoms with van der Waals surface area (Å²) in [6.07, 6.45) is 22.7. The SMILES string of the molecule is CCCCCCCCCC(=O)OCCC(C)CCCC(C)CCCC(C)CCCC(C)C. The first-order valence-corrected chi connectivity index (χ1v) is 14.5. The van der Waals surface area contributed by atoms with Gasteiger partial charge in [0.1, 0.15) is 0 Å². The number of ether oxygens (including phenoxy) is 1. The minimum absolute atomic E-state index is 0.0119. The summed E-state index contributed by atoms with van der Waals surface area (Å²) in [4.78, 5) is 11.9. The Morgan fingerprint density at radius 3 is 1.50 bits per heavy atom. The second kappa shape index (κ2) is 22.3. The highest BCUT2D eigenvalue weighted by Gasteiger charge is 2.09. The third-order valence-corrected chi connectivity index (χ3v) is 7.12. The van der Waals surface area contributed by atoms with Crippen LogP contribution in [0.4, 0.5) is 0 Å². The van der Waals surface area contributed by atoms with Crippen molar-refractivity contribution >= 4 is 5.97 Å². The van der Waals surface area contributed by atoms with Crippen molar-refractivity contribution in [3.63, 3.8) is 0 Å². The van der Waals surface area contributed by atoms with Crippen LogP contribution in [0.3, 0.4) is 0 Å². The molecule has 0 N–H and O–H groups in total. The molecule has 0 fully saturated rings. The van der Waals surface area contributed by atoms with Crippen molar-refractivity contribution in [3.05, 3.63) is 0 Å². The Balaban J connectivity index is 3.54. The quantitative estimate of drug-likeness (QED) is 0.114. The van der Waals surface area contributed by atoms with Gasteiger partial charge in [0.05, 0.1) is 6.61 Å². The molecule has 0 aromatic heterocycles. The lowest BCUT2D eigenvalue weighted by atomic mass is 9.91. The number of hydrogen-bond acceptors (Lipinski definition) is 2. The minimum atomic E-state index is 0.0119. The first-order valence-electron chi connectivity index (χ1n) is 14.5. The summed E-state index contributed by atoms with van der Waals surface area (Å²) in [6.45, 7) is 14.7. The average Bonchev–Trinajstić information content (AvgIpc) is 2.73. The number of rotatable bonds is 23. The first kappa shape index (κ1) is 31.5. The van der Waals surface area contributed by atoms with Crippen LogP contribution in [0.2, 0.25) is 0 Å². The van der Waals surface area contributed by atoms with Crippen LogP contribution in [0.25, 0.3) is 0 Å². The van der Waals surface area contributed by atoms with Gasteiger partial charge in [0, 0.05) is 6.42 Å². The Hall–Kier alpha value is -0.530. The van der Waals surface area contributed by atoms with Crippen LogP contribution in [0.15, 0.2) is 0 Å². The van der Waals surface area contributed by atoms with Gasteiger partial charge in [-0.3, -0.25) is 4.79 Å². The smallest absolute Gasteiger partial charge is 0.305 e. The van der Waals surface area contributed by atoms with E-state index in [4.69, 9.17) is 4.74 Å². The molecule has 32 heavy (non-hydrogen) atoms. The molecule has 0 saturated heterocycles. The average molecular weight is 453 g/mol. The van der Waals surface area contributed by atoms with Crippen molar-refractivity contribution in [2.24, 2.45) is 23.7 Å². The van der Waals surface area contributed by atoms with Crippen LogP contribution in [-0.4, -0.2) is 12.6 Å². The third kappa shape index (κ3) is 22.7. The van der Waals surface area contributed by atoms with Crippen LogP contribution in [0.1, 0.15) is 157 Å². The van der Waals surface area contributed by atoms with E-state index in [0.717, 1.165) is 30.6 Å². The molecule has 2 heteroatoms. The fourth-order valence-electron chi connectivity index (χ4n) is 4.61. The molecular weight excluding hydrogens is 392 g/mol. The van der Waals surface area contributed by atoms with Crippen molar-refractivity contribution in [2.75, 3.05) is 6.61 Å². The van der Waals surface area contributed by atoms with Crippen LogP contribution >= 0.6 is 0 Å². The second-order valence-corrected chi connectivity index (χ2v) is 11.4. The van der Waals surface area contributed by atoms with Crippen molar-refractivity contribution in [1.82, 2.24) is 0 Å². The zero-order valence-electron chi connectivity index (χ0n) is 23.1. The van der Waals surface area contributed by atoms with Crippen LogP contribution < -0.4 is 0 Å². The summed E-state index contributed by atoms with van der Waals surface area (Å²) in [7, 11) is 0. The van der Waals surface area contributed by atoms with Crippen molar-refractivity contribution in [2.45, 2.75) is 157 Å². The molecule has 0 radical (unpaired) electrons. The maximum atomic E-state index is 11.9. The molecule has 192 valence electrons. The Bertz CT molecular complexity index is 404. The van der Waals surface area contributed by atoms with E-state index in [2.05, 4.69) is 41.5 Å². The molecule has 0 rings (SSSR count). The van der Waals surface area contributed by atoms with Crippen molar-refractivity contribution in [1.29, 1.82) is 0 Å². The van der Waals surface area contributed by atoms with E-state index in [0.29, 0.717) is 18.9 Å². The summed E-state index contributed by atoms with van der Waals surface area (Å²) in [5, 5.41) is 0. The van der Waals surface area contributed by atoms with Crippen LogP contribution in [0, 0.1) is 23.7 Å². The molecule has 0 aliphatic heterocycles. The summed E-state index contributed by atoms with van der Waals surface area (Å²) in [5.41, 5.74) is 0. The lowest BCUT2D eigenvalue weighted by molar-refractivity contribution is -0.144. The second-order valence-electron chi connectivity index (χ2n) is 11.4. The molecule has 0 spiro atoms. The summed E-state index contributed by atoms with van der Waals surface area (Å²) in [5.74, 6) is 3.28. The van der Waals surface area contributed by atoms with Gasteiger partial charge in [-0.05, 0) is 36.5 Å². The molecule has 0 aliphatic rings. The van der Waals surface area contributed by atoms with Gasteiger partial charge < -0.3 is 4.74 Å². The first-order chi connectivity index (χ1) is 15.3. The van der Waals surface area contributed by atoms with Gasteiger partial charge in [0.15, 0.2) is 0 Å². The van der Waals surface area contributed by atoms with E-state index in [1.165, 1.54) is 96.3 Å². The maximum Gasteiger partial charge on any atom is 0.305 e. The summed E-state index contributed by atoms with van der Waals surface area (Å²) >= 11 is 0. The highest BCUT2D eigenvalue weighted by molar-refractivity contribution is 5.69. The van der Waals surface area contributed by atoms with Crippen LogP contribution in [-0.2, 0) is 9.53 Å². The van der Waals surface area contributed by atoms with E-state index in [-0.39, 0.29) is 5.97 Å². The largest absolute Gasteiger partial charge is 0.466 e. The molecule has 2 nitrogen and oxygen atoms in total. The zero-order chi connectivity index (χ0) is 24.0. The molecule has 0 bridgehead atoms. The van der Waals surface area contributed by atoms with Crippen molar-refractivity contribution in [3.8, 4) is 0 Å². The Kier molecular flexibility index (Phi) is 21.9. The van der Waals surface area contributed by atoms with Gasteiger partial charge in [-0.25, -0.2) is 0 Å². The van der Waals surface area contributed by atoms with E-state index in [9.17, 15) is 4.79 Å². The molecule has 3 unspecified atom stereocenters. The molecule has 0 aliphatic carbocycles. The molecule has 0 heterocycles. The normalized spacial score (nSPS) is 14.5. The third-order valence-electron chi connectivity index (χ3n) is 7.12. The minimum Gasteiger partial charge on any atom is -0.466 e. The van der Waals surface area contributed by atoms with Crippen molar-refractivity contribution < 1.29 is 9.53 Å². The van der Waals surface area contributed by atoms with Gasteiger partial charge >= 0.3 is 5.97 Å². The number of carbonyl (C=O) groups excluding carboxylic acids is 1. The summed E-state index contributed by atoms with van der Waals surface area (Å²) < 4.78 is 5.46. The number of carbonyl (C=O) groups is 1. The number of hydrogen-bond donors (Lipinski definition) is 0. The fraction of sp³-hybridized carbons (Fsp3) is 0.967. The Labute approximate surface area is 203 Å². The molecule has 0 aromatic carbocycles. The number of esters is 1. The Morgan fingerprint density at radius 1 is 0.562 bits per heavy atom. The van der Waals surface area contributed by atoms with E-state index in [1.807, 2.05) is 0 Å². The highest BCUT2D eigenvalue weighted by Crippen LogP contribution is 2.22. The maximum absolute atomic E-state index is 11.9. The highest BCUT2D eigenvalue weighted by atomic mass is 16.5. The number of unbranched alkanes of at least 4 members (excludes halogenated alkanes) is 6. The predicted octanol–water partition coefficient (Wildman–Crippen LogP) is 10.1. The molecule has 0 aromatic rings. The summed E-state index contributed by atoms with van der Waals surface area (Å²) in [6, 6.07) is 0. The zero-order valence-corrected chi connectivity index (χ0v) is 23.1. The predicted molar refractivity (Wildman–Crippen MR) is 142 cm³/mol. The van der Waals surface area contributed by atoms with Gasteiger partial charge in [-0.1, -0.05) is 138 Å². The van der Waals surface area contributed by atoms with Gasteiger partial charge in [0.2, 0.25) is 0 Å². The van der Waals surface area contributed by atoms with Crippen LogP contribution in [0.5, 0.6) is 0 Å². The van der Waals surface area contributed by atoms with Gasteiger partial charge in [0.25, 0.3) is 0 Å². The van der Waals surface area contributed by atoms with Gasteiger partial charge in [-0.2, -0.15) is 0 Å². The monoisotopic (exact) mass is 452 g/mol. The molecule has 0 saturated carbocycles. The molecule has 0 amide bonds. The standard InChI is InChI=1S/C30H60O2/c1-7-8-9-10-11-12-13-23-30(31)32-25-24-29(6)22-16-21-28(5)20-15-19-27(4)18-14-17-26(2)3/h26-29H,7-25H2,1-6H3. The van der Waals surface area contributed by atoms with E-state index in [1.54, 1.807) is 0 Å².